The minimum Gasteiger partial charge on any atom is -0.494 e. The van der Waals surface area contributed by atoms with E-state index in [0.717, 1.165) is 37.3 Å². The smallest absolute Gasteiger partial charge is 0.121 e. The molecule has 3 rings (SSSR count). The predicted octanol–water partition coefficient (Wildman–Crippen LogP) is 5.34. The van der Waals surface area contributed by atoms with E-state index in [1.165, 1.54) is 15.6 Å². The SMILES string of the molecule is CCCOc1cccc(NC2CCc3c(Br)cccc32)c1. The van der Waals surface area contributed by atoms with E-state index in [2.05, 4.69) is 58.5 Å². The van der Waals surface area contributed by atoms with Gasteiger partial charge in [0.2, 0.25) is 0 Å². The molecule has 1 unspecified atom stereocenters. The Morgan fingerprint density at radius 1 is 1.24 bits per heavy atom. The molecule has 0 saturated carbocycles. The van der Waals surface area contributed by atoms with Crippen molar-refractivity contribution in [1.29, 1.82) is 0 Å². The van der Waals surface area contributed by atoms with Gasteiger partial charge in [0.25, 0.3) is 0 Å². The summed E-state index contributed by atoms with van der Waals surface area (Å²) in [6.45, 7) is 2.89. The van der Waals surface area contributed by atoms with Crippen molar-refractivity contribution in [2.45, 2.75) is 32.2 Å². The third-order valence-electron chi connectivity index (χ3n) is 3.86. The Bertz CT molecular complexity index is 626. The Kier molecular flexibility index (Phi) is 4.49. The van der Waals surface area contributed by atoms with Crippen LogP contribution in [0.1, 0.15) is 36.9 Å². The zero-order chi connectivity index (χ0) is 14.7. The van der Waals surface area contributed by atoms with Gasteiger partial charge >= 0.3 is 0 Å². The molecule has 0 bridgehead atoms. The van der Waals surface area contributed by atoms with Crippen LogP contribution in [0.5, 0.6) is 5.75 Å². The molecule has 3 heteroatoms. The van der Waals surface area contributed by atoms with Crippen molar-refractivity contribution in [3.8, 4) is 5.75 Å². The minimum absolute atomic E-state index is 0.388. The molecule has 2 aromatic carbocycles. The van der Waals surface area contributed by atoms with Gasteiger partial charge in [-0.05, 0) is 48.6 Å². The Labute approximate surface area is 134 Å². The van der Waals surface area contributed by atoms with Crippen LogP contribution >= 0.6 is 15.9 Å². The van der Waals surface area contributed by atoms with E-state index in [9.17, 15) is 0 Å². The van der Waals surface area contributed by atoms with Crippen molar-refractivity contribution < 1.29 is 4.74 Å². The molecule has 1 aliphatic carbocycles. The molecule has 110 valence electrons. The van der Waals surface area contributed by atoms with Crippen molar-refractivity contribution >= 4 is 21.6 Å². The van der Waals surface area contributed by atoms with Crippen LogP contribution in [-0.2, 0) is 6.42 Å². The van der Waals surface area contributed by atoms with E-state index < -0.39 is 0 Å². The molecule has 2 nitrogen and oxygen atoms in total. The summed E-state index contributed by atoms with van der Waals surface area (Å²) in [7, 11) is 0. The number of hydrogen-bond acceptors (Lipinski definition) is 2. The molecule has 21 heavy (non-hydrogen) atoms. The normalized spacial score (nSPS) is 16.6. The molecule has 0 heterocycles. The van der Waals surface area contributed by atoms with Crippen LogP contribution in [0.4, 0.5) is 5.69 Å². The molecular weight excluding hydrogens is 326 g/mol. The Morgan fingerprint density at radius 2 is 2.10 bits per heavy atom. The van der Waals surface area contributed by atoms with Gasteiger partial charge < -0.3 is 10.1 Å². The first kappa shape index (κ1) is 14.5. The zero-order valence-corrected chi connectivity index (χ0v) is 13.8. The molecule has 1 aliphatic rings. The Hall–Kier alpha value is -1.48. The highest BCUT2D eigenvalue weighted by atomic mass is 79.9. The zero-order valence-electron chi connectivity index (χ0n) is 12.2. The van der Waals surface area contributed by atoms with Gasteiger partial charge in [-0.25, -0.2) is 0 Å². The molecule has 0 spiro atoms. The quantitative estimate of drug-likeness (QED) is 0.789. The number of rotatable bonds is 5. The van der Waals surface area contributed by atoms with Gasteiger partial charge in [0, 0.05) is 16.2 Å². The van der Waals surface area contributed by atoms with Crippen molar-refractivity contribution in [3.05, 3.63) is 58.1 Å². The fourth-order valence-electron chi connectivity index (χ4n) is 2.86. The number of benzene rings is 2. The summed E-state index contributed by atoms with van der Waals surface area (Å²) in [4.78, 5) is 0. The lowest BCUT2D eigenvalue weighted by Crippen LogP contribution is -2.07. The van der Waals surface area contributed by atoms with Crippen LogP contribution in [0.15, 0.2) is 46.9 Å². The molecule has 0 aromatic heterocycles. The summed E-state index contributed by atoms with van der Waals surface area (Å²) < 4.78 is 6.93. The highest BCUT2D eigenvalue weighted by Gasteiger charge is 2.23. The van der Waals surface area contributed by atoms with E-state index >= 15 is 0 Å². The summed E-state index contributed by atoms with van der Waals surface area (Å²) in [5.41, 5.74) is 3.97. The van der Waals surface area contributed by atoms with Crippen molar-refractivity contribution in [2.75, 3.05) is 11.9 Å². The summed E-state index contributed by atoms with van der Waals surface area (Å²) in [5, 5.41) is 3.64. The average Bonchev–Trinajstić information content (AvgIpc) is 2.90. The van der Waals surface area contributed by atoms with E-state index in [4.69, 9.17) is 4.74 Å². The molecular formula is C18H20BrNO. The molecule has 0 aliphatic heterocycles. The number of fused-ring (bicyclic) bond motifs is 1. The summed E-state index contributed by atoms with van der Waals surface area (Å²) >= 11 is 3.65. The van der Waals surface area contributed by atoms with Crippen molar-refractivity contribution in [3.63, 3.8) is 0 Å². The van der Waals surface area contributed by atoms with Crippen LogP contribution < -0.4 is 10.1 Å². The maximum absolute atomic E-state index is 5.70. The van der Waals surface area contributed by atoms with Crippen LogP contribution in [-0.4, -0.2) is 6.61 Å². The molecule has 1 N–H and O–H groups in total. The predicted molar refractivity (Wildman–Crippen MR) is 91.1 cm³/mol. The second-order valence-electron chi connectivity index (χ2n) is 5.42. The number of anilines is 1. The van der Waals surface area contributed by atoms with Gasteiger partial charge in [-0.3, -0.25) is 0 Å². The van der Waals surface area contributed by atoms with Gasteiger partial charge in [-0.15, -0.1) is 0 Å². The van der Waals surface area contributed by atoms with Crippen LogP contribution in [0.2, 0.25) is 0 Å². The highest BCUT2D eigenvalue weighted by Crippen LogP contribution is 2.37. The Morgan fingerprint density at radius 3 is 2.95 bits per heavy atom. The molecule has 2 aromatic rings. The second-order valence-corrected chi connectivity index (χ2v) is 6.27. The third-order valence-corrected chi connectivity index (χ3v) is 4.60. The summed E-state index contributed by atoms with van der Waals surface area (Å²) in [6, 6.07) is 15.1. The Balaban J connectivity index is 1.75. The first-order valence-corrected chi connectivity index (χ1v) is 8.34. The van der Waals surface area contributed by atoms with Gasteiger partial charge in [-0.1, -0.05) is 41.1 Å². The maximum atomic E-state index is 5.70. The molecule has 1 atom stereocenters. The monoisotopic (exact) mass is 345 g/mol. The van der Waals surface area contributed by atoms with E-state index in [1.807, 2.05) is 12.1 Å². The number of halogens is 1. The van der Waals surface area contributed by atoms with Crippen LogP contribution in [0.25, 0.3) is 0 Å². The number of ether oxygens (including phenoxy) is 1. The van der Waals surface area contributed by atoms with E-state index in [0.29, 0.717) is 6.04 Å². The lowest BCUT2D eigenvalue weighted by molar-refractivity contribution is 0.317. The minimum atomic E-state index is 0.388. The van der Waals surface area contributed by atoms with Crippen LogP contribution in [0.3, 0.4) is 0 Å². The van der Waals surface area contributed by atoms with Gasteiger partial charge in [0.05, 0.1) is 12.6 Å². The van der Waals surface area contributed by atoms with E-state index in [1.54, 1.807) is 0 Å². The standard InChI is InChI=1S/C18H20BrNO/c1-2-11-21-14-6-3-5-13(12-14)20-18-10-9-15-16(18)7-4-8-17(15)19/h3-8,12,18,20H,2,9-11H2,1H3. The second kappa shape index (κ2) is 6.52. The molecule has 0 saturated heterocycles. The number of nitrogens with one attached hydrogen (secondary N) is 1. The van der Waals surface area contributed by atoms with Gasteiger partial charge in [-0.2, -0.15) is 0 Å². The van der Waals surface area contributed by atoms with E-state index in [-0.39, 0.29) is 0 Å². The molecule has 0 radical (unpaired) electrons. The van der Waals surface area contributed by atoms with Crippen molar-refractivity contribution in [1.82, 2.24) is 0 Å². The summed E-state index contributed by atoms with van der Waals surface area (Å²) in [5.74, 6) is 0.939. The lowest BCUT2D eigenvalue weighted by atomic mass is 10.1. The van der Waals surface area contributed by atoms with Crippen molar-refractivity contribution in [2.24, 2.45) is 0 Å². The first-order valence-electron chi connectivity index (χ1n) is 7.54. The lowest BCUT2D eigenvalue weighted by Gasteiger charge is -2.16. The molecule has 0 amide bonds. The third kappa shape index (κ3) is 3.24. The maximum Gasteiger partial charge on any atom is 0.121 e. The van der Waals surface area contributed by atoms with Crippen LogP contribution in [0, 0.1) is 0 Å². The number of hydrogen-bond donors (Lipinski definition) is 1. The first-order chi connectivity index (χ1) is 10.3. The molecule has 0 fully saturated rings. The van der Waals surface area contributed by atoms with Gasteiger partial charge in [0.1, 0.15) is 5.75 Å². The fourth-order valence-corrected chi connectivity index (χ4v) is 3.44. The largest absolute Gasteiger partial charge is 0.494 e. The average molecular weight is 346 g/mol. The van der Waals surface area contributed by atoms with Gasteiger partial charge in [0.15, 0.2) is 0 Å². The highest BCUT2D eigenvalue weighted by molar-refractivity contribution is 9.10. The fraction of sp³-hybridized carbons (Fsp3) is 0.333. The topological polar surface area (TPSA) is 21.3 Å². The summed E-state index contributed by atoms with van der Waals surface area (Å²) in [6.07, 6.45) is 3.29.